The average molecular weight is 557 g/mol. The highest BCUT2D eigenvalue weighted by Crippen LogP contribution is 2.32. The summed E-state index contributed by atoms with van der Waals surface area (Å²) in [5, 5.41) is 1.30. The Bertz CT molecular complexity index is 1060. The fraction of sp³-hybridized carbons (Fsp3) is 0.594. The van der Waals surface area contributed by atoms with Crippen molar-refractivity contribution in [3.05, 3.63) is 69.2 Å². The van der Waals surface area contributed by atoms with Gasteiger partial charge in [-0.3, -0.25) is 9.69 Å². The maximum absolute atomic E-state index is 14.0. The van der Waals surface area contributed by atoms with Crippen LogP contribution in [0, 0.1) is 0 Å². The van der Waals surface area contributed by atoms with Crippen molar-refractivity contribution < 1.29 is 4.79 Å². The number of rotatable bonds is 9. The van der Waals surface area contributed by atoms with Crippen LogP contribution in [0.5, 0.6) is 0 Å². The Morgan fingerprint density at radius 2 is 1.55 bits per heavy atom. The first-order valence-corrected chi connectivity index (χ1v) is 15.6. The molecule has 2 aromatic carbocycles. The molecular formula is C32H43Cl2N3O. The van der Waals surface area contributed by atoms with Crippen LogP contribution < -0.4 is 0 Å². The molecule has 0 aliphatic carbocycles. The van der Waals surface area contributed by atoms with Gasteiger partial charge < -0.3 is 9.80 Å². The molecule has 3 fully saturated rings. The van der Waals surface area contributed by atoms with Gasteiger partial charge in [-0.2, -0.15) is 0 Å². The van der Waals surface area contributed by atoms with E-state index < -0.39 is 0 Å². The predicted octanol–water partition coefficient (Wildman–Crippen LogP) is 6.83. The van der Waals surface area contributed by atoms with Gasteiger partial charge in [0.25, 0.3) is 0 Å². The molecule has 0 unspecified atom stereocenters. The van der Waals surface area contributed by atoms with Gasteiger partial charge in [-0.25, -0.2) is 0 Å². The molecule has 1 atom stereocenters. The summed E-state index contributed by atoms with van der Waals surface area (Å²) in [5.41, 5.74) is 4.04. The topological polar surface area (TPSA) is 26.8 Å². The molecule has 3 aliphatic rings. The standard InChI is InChI=1S/C32H43Cl2N3O/c33-28-13-12-27(30(34)24-28)23-31(36-19-4-1-5-20-36)32(38)37-21-14-26(15-22-37)29-11-3-2-9-25(29)10-8-18-35-16-6-7-17-35/h2-3,9,11-13,24,26,31H,1,4-8,10,14-23H2/t31-/m1/s1. The second kappa shape index (κ2) is 13.7. The number of piperidine rings is 2. The fourth-order valence-electron chi connectivity index (χ4n) is 6.78. The maximum atomic E-state index is 14.0. The first-order valence-electron chi connectivity index (χ1n) is 14.9. The van der Waals surface area contributed by atoms with Crippen LogP contribution in [0.3, 0.4) is 0 Å². The summed E-state index contributed by atoms with van der Waals surface area (Å²) in [4.78, 5) is 21.1. The Hall–Kier alpha value is -1.59. The van der Waals surface area contributed by atoms with E-state index in [-0.39, 0.29) is 11.9 Å². The minimum Gasteiger partial charge on any atom is -0.341 e. The number of benzene rings is 2. The number of hydrogen-bond donors (Lipinski definition) is 0. The van der Waals surface area contributed by atoms with Crippen LogP contribution in [0.15, 0.2) is 42.5 Å². The zero-order valence-electron chi connectivity index (χ0n) is 22.7. The molecule has 0 N–H and O–H groups in total. The maximum Gasteiger partial charge on any atom is 0.240 e. The minimum atomic E-state index is -0.150. The van der Waals surface area contributed by atoms with E-state index in [1.165, 1.54) is 56.4 Å². The predicted molar refractivity (Wildman–Crippen MR) is 158 cm³/mol. The Labute approximate surface area is 239 Å². The average Bonchev–Trinajstić information content (AvgIpc) is 3.47. The smallest absolute Gasteiger partial charge is 0.240 e. The number of carbonyl (C=O) groups excluding carboxylic acids is 1. The third-order valence-corrected chi connectivity index (χ3v) is 9.55. The second-order valence-corrected chi connectivity index (χ2v) is 12.3. The van der Waals surface area contributed by atoms with Gasteiger partial charge in [0.05, 0.1) is 6.04 Å². The van der Waals surface area contributed by atoms with E-state index in [1.54, 1.807) is 6.07 Å². The second-order valence-electron chi connectivity index (χ2n) is 11.5. The third-order valence-electron chi connectivity index (χ3n) is 8.97. The zero-order chi connectivity index (χ0) is 26.3. The molecule has 5 rings (SSSR count). The van der Waals surface area contributed by atoms with E-state index in [1.807, 2.05) is 12.1 Å². The van der Waals surface area contributed by atoms with Crippen LogP contribution >= 0.6 is 23.2 Å². The van der Waals surface area contributed by atoms with Crippen molar-refractivity contribution in [2.75, 3.05) is 45.8 Å². The Kier molecular flexibility index (Phi) is 10.0. The molecule has 0 saturated carbocycles. The van der Waals surface area contributed by atoms with E-state index in [9.17, 15) is 4.79 Å². The first kappa shape index (κ1) is 28.0. The molecule has 0 bridgehead atoms. The van der Waals surface area contributed by atoms with Crippen LogP contribution in [-0.2, 0) is 17.6 Å². The lowest BCUT2D eigenvalue weighted by atomic mass is 9.85. The molecule has 3 aliphatic heterocycles. The van der Waals surface area contributed by atoms with Crippen molar-refractivity contribution in [2.24, 2.45) is 0 Å². The molecule has 0 radical (unpaired) electrons. The van der Waals surface area contributed by atoms with Gasteiger partial charge in [-0.1, -0.05) is 60.0 Å². The monoisotopic (exact) mass is 555 g/mol. The first-order chi connectivity index (χ1) is 18.6. The molecular weight excluding hydrogens is 513 g/mol. The molecule has 2 aromatic rings. The van der Waals surface area contributed by atoms with Crippen LogP contribution in [0.4, 0.5) is 0 Å². The summed E-state index contributed by atoms with van der Waals surface area (Å²) in [7, 11) is 0. The summed E-state index contributed by atoms with van der Waals surface area (Å²) < 4.78 is 0. The molecule has 0 spiro atoms. The van der Waals surface area contributed by atoms with Gasteiger partial charge in [0.15, 0.2) is 0 Å². The Balaban J connectivity index is 1.22. The number of carbonyl (C=O) groups is 1. The van der Waals surface area contributed by atoms with Crippen LogP contribution in [0.2, 0.25) is 10.0 Å². The Morgan fingerprint density at radius 1 is 0.842 bits per heavy atom. The van der Waals surface area contributed by atoms with Gasteiger partial charge >= 0.3 is 0 Å². The summed E-state index contributed by atoms with van der Waals surface area (Å²) in [6.07, 6.45) is 11.4. The highest BCUT2D eigenvalue weighted by molar-refractivity contribution is 6.35. The SMILES string of the molecule is O=C([C@@H](Cc1ccc(Cl)cc1Cl)N1CCCCC1)N1CCC(c2ccccc2CCCN2CCCC2)CC1. The summed E-state index contributed by atoms with van der Waals surface area (Å²) in [6, 6.07) is 14.6. The minimum absolute atomic E-state index is 0.150. The lowest BCUT2D eigenvalue weighted by Crippen LogP contribution is -2.53. The molecule has 6 heteroatoms. The molecule has 1 amide bonds. The summed E-state index contributed by atoms with van der Waals surface area (Å²) in [6.45, 7) is 7.42. The highest BCUT2D eigenvalue weighted by atomic mass is 35.5. The van der Waals surface area contributed by atoms with Gasteiger partial charge in [0, 0.05) is 23.1 Å². The zero-order valence-corrected chi connectivity index (χ0v) is 24.2. The summed E-state index contributed by atoms with van der Waals surface area (Å²) >= 11 is 12.7. The molecule has 38 heavy (non-hydrogen) atoms. The molecule has 3 saturated heterocycles. The number of aryl methyl sites for hydroxylation is 1. The van der Waals surface area contributed by atoms with Crippen molar-refractivity contribution in [1.29, 1.82) is 0 Å². The normalized spacial score (nSPS) is 20.6. The highest BCUT2D eigenvalue weighted by Gasteiger charge is 2.34. The van der Waals surface area contributed by atoms with Crippen LogP contribution in [-0.4, -0.2) is 72.5 Å². The Morgan fingerprint density at radius 3 is 2.29 bits per heavy atom. The number of likely N-dealkylation sites (tertiary alicyclic amines) is 3. The summed E-state index contributed by atoms with van der Waals surface area (Å²) in [5.74, 6) is 0.816. The van der Waals surface area contributed by atoms with E-state index in [4.69, 9.17) is 23.2 Å². The van der Waals surface area contributed by atoms with Crippen molar-refractivity contribution in [2.45, 2.75) is 76.2 Å². The lowest BCUT2D eigenvalue weighted by Gasteiger charge is -2.39. The molecule has 206 valence electrons. The van der Waals surface area contributed by atoms with Gasteiger partial charge in [-0.05, 0) is 125 Å². The number of nitrogens with zero attached hydrogens (tertiary/aromatic N) is 3. The third kappa shape index (κ3) is 7.13. The molecule has 3 heterocycles. The van der Waals surface area contributed by atoms with Gasteiger partial charge in [0.1, 0.15) is 0 Å². The van der Waals surface area contributed by atoms with E-state index in [0.717, 1.165) is 63.8 Å². The van der Waals surface area contributed by atoms with E-state index >= 15 is 0 Å². The number of halogens is 2. The van der Waals surface area contributed by atoms with E-state index in [2.05, 4.69) is 39.0 Å². The van der Waals surface area contributed by atoms with E-state index in [0.29, 0.717) is 22.4 Å². The lowest BCUT2D eigenvalue weighted by molar-refractivity contribution is -0.138. The van der Waals surface area contributed by atoms with Crippen molar-refractivity contribution in [3.63, 3.8) is 0 Å². The van der Waals surface area contributed by atoms with Crippen LogP contribution in [0.25, 0.3) is 0 Å². The largest absolute Gasteiger partial charge is 0.341 e. The van der Waals surface area contributed by atoms with Crippen molar-refractivity contribution in [3.8, 4) is 0 Å². The van der Waals surface area contributed by atoms with Crippen molar-refractivity contribution >= 4 is 29.1 Å². The molecule has 0 aromatic heterocycles. The van der Waals surface area contributed by atoms with Gasteiger partial charge in [0.2, 0.25) is 5.91 Å². The number of hydrogen-bond acceptors (Lipinski definition) is 3. The quantitative estimate of drug-likeness (QED) is 0.339. The molecule has 4 nitrogen and oxygen atoms in total. The number of amides is 1. The van der Waals surface area contributed by atoms with Crippen molar-refractivity contribution in [1.82, 2.24) is 14.7 Å². The fourth-order valence-corrected chi connectivity index (χ4v) is 7.26. The van der Waals surface area contributed by atoms with Gasteiger partial charge in [-0.15, -0.1) is 0 Å². The van der Waals surface area contributed by atoms with Crippen LogP contribution in [0.1, 0.15) is 74.0 Å².